The quantitative estimate of drug-likeness (QED) is 0.425. The van der Waals surface area contributed by atoms with Crippen LogP contribution in [0.3, 0.4) is 0 Å². The first kappa shape index (κ1) is 20.4. The van der Waals surface area contributed by atoms with Gasteiger partial charge in [-0.25, -0.2) is 0 Å². The molecular formula is C24H26N4OS. The molecule has 4 aromatic rings. The van der Waals surface area contributed by atoms with Gasteiger partial charge in [0.25, 0.3) is 0 Å². The van der Waals surface area contributed by atoms with E-state index in [2.05, 4.69) is 78.8 Å². The van der Waals surface area contributed by atoms with Crippen molar-refractivity contribution in [2.75, 3.05) is 11.1 Å². The molecule has 0 aliphatic rings. The summed E-state index contributed by atoms with van der Waals surface area (Å²) in [6, 6.07) is 14.4. The first-order valence-corrected chi connectivity index (χ1v) is 11.1. The smallest absolute Gasteiger partial charge is 0.234 e. The number of benzene rings is 2. The number of hydrogen-bond acceptors (Lipinski definition) is 4. The zero-order chi connectivity index (χ0) is 21.4. The van der Waals surface area contributed by atoms with Crippen molar-refractivity contribution in [3.05, 3.63) is 64.7 Å². The Morgan fingerprint density at radius 1 is 1.07 bits per heavy atom. The van der Waals surface area contributed by atoms with Crippen molar-refractivity contribution in [1.29, 1.82) is 0 Å². The van der Waals surface area contributed by atoms with Crippen LogP contribution in [0.1, 0.15) is 42.0 Å². The summed E-state index contributed by atoms with van der Waals surface area (Å²) in [6.07, 6.45) is 0. The molecule has 0 aliphatic carbocycles. The molecule has 30 heavy (non-hydrogen) atoms. The Kier molecular flexibility index (Phi) is 5.52. The van der Waals surface area contributed by atoms with E-state index in [1.165, 1.54) is 33.8 Å². The molecular weight excluding hydrogens is 392 g/mol. The van der Waals surface area contributed by atoms with E-state index in [0.29, 0.717) is 5.92 Å². The molecule has 6 heteroatoms. The minimum Gasteiger partial charge on any atom is -0.325 e. The van der Waals surface area contributed by atoms with Gasteiger partial charge in [-0.05, 0) is 61.6 Å². The maximum absolute atomic E-state index is 12.7. The molecule has 0 unspecified atom stereocenters. The van der Waals surface area contributed by atoms with Crippen molar-refractivity contribution in [3.8, 4) is 0 Å². The van der Waals surface area contributed by atoms with Crippen molar-refractivity contribution in [1.82, 2.24) is 14.6 Å². The Bertz CT molecular complexity index is 1260. The van der Waals surface area contributed by atoms with E-state index in [1.54, 1.807) is 0 Å². The zero-order valence-corrected chi connectivity index (χ0v) is 18.8. The first-order chi connectivity index (χ1) is 14.3. The predicted octanol–water partition coefficient (Wildman–Crippen LogP) is 5.66. The number of nitrogens with one attached hydrogen (secondary N) is 1. The number of pyridine rings is 1. The molecule has 1 amide bonds. The SMILES string of the molecule is Cc1cc(C)c2c(c1)c(C)cc1nnc(SCC(=O)Nc3ccccc3C(C)C)n12. The Labute approximate surface area is 180 Å². The van der Waals surface area contributed by atoms with Gasteiger partial charge in [0.05, 0.1) is 11.3 Å². The lowest BCUT2D eigenvalue weighted by Crippen LogP contribution is -2.16. The average molecular weight is 419 g/mol. The third-order valence-corrected chi connectivity index (χ3v) is 6.22. The fraction of sp³-hybridized carbons (Fsp3) is 0.292. The summed E-state index contributed by atoms with van der Waals surface area (Å²) in [7, 11) is 0. The van der Waals surface area contributed by atoms with Crippen molar-refractivity contribution in [2.24, 2.45) is 0 Å². The average Bonchev–Trinajstić information content (AvgIpc) is 3.09. The van der Waals surface area contributed by atoms with Crippen LogP contribution in [0.15, 0.2) is 47.6 Å². The molecule has 0 spiro atoms. The summed E-state index contributed by atoms with van der Waals surface area (Å²) in [5.74, 6) is 0.567. The van der Waals surface area contributed by atoms with Crippen LogP contribution in [0.5, 0.6) is 0 Å². The Hall–Kier alpha value is -2.86. The molecule has 0 saturated heterocycles. The second-order valence-corrected chi connectivity index (χ2v) is 9.00. The number of thioether (sulfide) groups is 1. The fourth-order valence-electron chi connectivity index (χ4n) is 3.94. The lowest BCUT2D eigenvalue weighted by Gasteiger charge is -2.13. The van der Waals surface area contributed by atoms with E-state index in [4.69, 9.17) is 0 Å². The van der Waals surface area contributed by atoms with Gasteiger partial charge >= 0.3 is 0 Å². The van der Waals surface area contributed by atoms with Crippen molar-refractivity contribution in [2.45, 2.75) is 45.7 Å². The van der Waals surface area contributed by atoms with Crippen LogP contribution in [0.4, 0.5) is 5.69 Å². The summed E-state index contributed by atoms with van der Waals surface area (Å²) >= 11 is 1.41. The number of aryl methyl sites for hydroxylation is 3. The number of hydrogen-bond donors (Lipinski definition) is 1. The van der Waals surface area contributed by atoms with Gasteiger partial charge in [-0.15, -0.1) is 10.2 Å². The maximum Gasteiger partial charge on any atom is 0.234 e. The number of anilines is 1. The molecule has 0 radical (unpaired) electrons. The standard InChI is InChI=1S/C24H26N4OS/c1-14(2)18-8-6-7-9-20(18)25-22(29)13-30-24-27-26-21-12-16(4)19-11-15(3)10-17(5)23(19)28(21)24/h6-12,14H,13H2,1-5H3,(H,25,29). The summed E-state index contributed by atoms with van der Waals surface area (Å²) in [4.78, 5) is 12.7. The van der Waals surface area contributed by atoms with Gasteiger partial charge in [-0.3, -0.25) is 9.20 Å². The van der Waals surface area contributed by atoms with Crippen molar-refractivity contribution < 1.29 is 4.79 Å². The Morgan fingerprint density at radius 2 is 1.83 bits per heavy atom. The van der Waals surface area contributed by atoms with Crippen LogP contribution in [0, 0.1) is 20.8 Å². The minimum absolute atomic E-state index is 0.0474. The number of carbonyl (C=O) groups is 1. The van der Waals surface area contributed by atoms with E-state index < -0.39 is 0 Å². The summed E-state index contributed by atoms with van der Waals surface area (Å²) < 4.78 is 2.07. The number of fused-ring (bicyclic) bond motifs is 3. The summed E-state index contributed by atoms with van der Waals surface area (Å²) in [6.45, 7) is 10.6. The molecule has 5 nitrogen and oxygen atoms in total. The molecule has 0 aliphatic heterocycles. The van der Waals surface area contributed by atoms with Crippen LogP contribution in [-0.2, 0) is 4.79 Å². The van der Waals surface area contributed by atoms with Gasteiger partial charge in [0.2, 0.25) is 5.91 Å². The van der Waals surface area contributed by atoms with Gasteiger partial charge in [0.1, 0.15) is 0 Å². The number of carbonyl (C=O) groups excluding carboxylic acids is 1. The topological polar surface area (TPSA) is 59.3 Å². The number of amides is 1. The third kappa shape index (κ3) is 3.79. The predicted molar refractivity (Wildman–Crippen MR) is 125 cm³/mol. The molecule has 2 aromatic carbocycles. The fourth-order valence-corrected chi connectivity index (χ4v) is 4.68. The van der Waals surface area contributed by atoms with Crippen LogP contribution in [0.25, 0.3) is 16.6 Å². The number of rotatable bonds is 5. The molecule has 1 N–H and O–H groups in total. The Balaban J connectivity index is 1.62. The normalized spacial score (nSPS) is 11.5. The molecule has 154 valence electrons. The van der Waals surface area contributed by atoms with E-state index in [9.17, 15) is 4.79 Å². The monoisotopic (exact) mass is 418 g/mol. The highest BCUT2D eigenvalue weighted by molar-refractivity contribution is 7.99. The van der Waals surface area contributed by atoms with Crippen LogP contribution < -0.4 is 5.32 Å². The van der Waals surface area contributed by atoms with E-state index in [0.717, 1.165) is 27.6 Å². The second-order valence-electron chi connectivity index (χ2n) is 8.06. The summed E-state index contributed by atoms with van der Waals surface area (Å²) in [5, 5.41) is 13.7. The number of para-hydroxylation sites is 1. The highest BCUT2D eigenvalue weighted by Gasteiger charge is 2.16. The van der Waals surface area contributed by atoms with Crippen LogP contribution >= 0.6 is 11.8 Å². The van der Waals surface area contributed by atoms with Crippen molar-refractivity contribution >= 4 is 39.9 Å². The highest BCUT2D eigenvalue weighted by atomic mass is 32.2. The van der Waals surface area contributed by atoms with E-state index in [1.807, 2.05) is 18.2 Å². The van der Waals surface area contributed by atoms with Gasteiger partial charge in [0, 0.05) is 11.1 Å². The van der Waals surface area contributed by atoms with Gasteiger partial charge in [0.15, 0.2) is 10.8 Å². The number of aromatic nitrogens is 3. The van der Waals surface area contributed by atoms with Crippen LogP contribution in [-0.4, -0.2) is 26.3 Å². The van der Waals surface area contributed by atoms with Crippen LogP contribution in [0.2, 0.25) is 0 Å². The first-order valence-electron chi connectivity index (χ1n) is 10.1. The molecule has 0 bridgehead atoms. The van der Waals surface area contributed by atoms with Gasteiger partial charge in [-0.2, -0.15) is 0 Å². The third-order valence-electron chi connectivity index (χ3n) is 5.29. The largest absolute Gasteiger partial charge is 0.325 e. The lowest BCUT2D eigenvalue weighted by atomic mass is 10.0. The molecule has 2 aromatic heterocycles. The zero-order valence-electron chi connectivity index (χ0n) is 18.0. The van der Waals surface area contributed by atoms with Gasteiger partial charge < -0.3 is 5.32 Å². The maximum atomic E-state index is 12.7. The van der Waals surface area contributed by atoms with E-state index >= 15 is 0 Å². The molecule has 0 saturated carbocycles. The van der Waals surface area contributed by atoms with Crippen molar-refractivity contribution in [3.63, 3.8) is 0 Å². The van der Waals surface area contributed by atoms with E-state index in [-0.39, 0.29) is 11.7 Å². The summed E-state index contributed by atoms with van der Waals surface area (Å²) in [5.41, 5.74) is 7.50. The molecule has 0 fully saturated rings. The lowest BCUT2D eigenvalue weighted by molar-refractivity contribution is -0.113. The molecule has 0 atom stereocenters. The highest BCUT2D eigenvalue weighted by Crippen LogP contribution is 2.29. The second kappa shape index (κ2) is 8.11. The molecule has 2 heterocycles. The van der Waals surface area contributed by atoms with Gasteiger partial charge in [-0.1, -0.05) is 55.4 Å². The number of nitrogens with zero attached hydrogens (tertiary/aromatic N) is 3. The molecule has 4 rings (SSSR count). The Morgan fingerprint density at radius 3 is 2.60 bits per heavy atom. The minimum atomic E-state index is -0.0474.